The summed E-state index contributed by atoms with van der Waals surface area (Å²) in [6.07, 6.45) is 2.92. The minimum atomic E-state index is 0.309. The zero-order valence-corrected chi connectivity index (χ0v) is 9.78. The van der Waals surface area contributed by atoms with E-state index in [9.17, 15) is 0 Å². The van der Waals surface area contributed by atoms with E-state index in [-0.39, 0.29) is 0 Å². The first-order valence-electron chi connectivity index (χ1n) is 5.77. The lowest BCUT2D eigenvalue weighted by molar-refractivity contribution is -0.108. The van der Waals surface area contributed by atoms with Crippen LogP contribution in [0.4, 0.5) is 0 Å². The second-order valence-corrected chi connectivity index (χ2v) is 4.12. The van der Waals surface area contributed by atoms with Gasteiger partial charge in [0.2, 0.25) is 0 Å². The molecular formula is C11H23NO3. The van der Waals surface area contributed by atoms with E-state index < -0.39 is 0 Å². The third kappa shape index (κ3) is 5.47. The van der Waals surface area contributed by atoms with Crippen LogP contribution in [0.25, 0.3) is 0 Å². The van der Waals surface area contributed by atoms with Gasteiger partial charge in [0.1, 0.15) is 0 Å². The van der Waals surface area contributed by atoms with Gasteiger partial charge in [-0.15, -0.1) is 0 Å². The Bertz CT molecular complexity index is 156. The molecule has 2 atom stereocenters. The van der Waals surface area contributed by atoms with Crippen molar-refractivity contribution in [2.45, 2.75) is 45.0 Å². The van der Waals surface area contributed by atoms with Crippen molar-refractivity contribution in [1.82, 2.24) is 0 Å². The van der Waals surface area contributed by atoms with Crippen molar-refractivity contribution in [2.24, 2.45) is 5.73 Å². The Balaban J connectivity index is 2.04. The van der Waals surface area contributed by atoms with Gasteiger partial charge in [-0.25, -0.2) is 0 Å². The van der Waals surface area contributed by atoms with Crippen molar-refractivity contribution in [3.05, 3.63) is 0 Å². The summed E-state index contributed by atoms with van der Waals surface area (Å²) in [4.78, 5) is 0. The summed E-state index contributed by atoms with van der Waals surface area (Å²) in [6.45, 7) is 6.67. The van der Waals surface area contributed by atoms with E-state index >= 15 is 0 Å². The van der Waals surface area contributed by atoms with Gasteiger partial charge >= 0.3 is 0 Å². The zero-order valence-electron chi connectivity index (χ0n) is 9.78. The van der Waals surface area contributed by atoms with Crippen LogP contribution in [0, 0.1) is 0 Å². The summed E-state index contributed by atoms with van der Waals surface area (Å²) < 4.78 is 16.6. The molecule has 0 spiro atoms. The highest BCUT2D eigenvalue weighted by molar-refractivity contribution is 4.73. The average Bonchev–Trinajstić information content (AvgIpc) is 2.16. The van der Waals surface area contributed by atoms with Crippen molar-refractivity contribution in [1.29, 1.82) is 0 Å². The van der Waals surface area contributed by atoms with E-state index in [1.807, 2.05) is 0 Å². The zero-order chi connectivity index (χ0) is 11.1. The van der Waals surface area contributed by atoms with Gasteiger partial charge in [0.05, 0.1) is 38.1 Å². The van der Waals surface area contributed by atoms with E-state index in [4.69, 9.17) is 19.9 Å². The normalized spacial score (nSPS) is 31.8. The van der Waals surface area contributed by atoms with Crippen molar-refractivity contribution in [3.63, 3.8) is 0 Å². The van der Waals surface area contributed by atoms with E-state index in [0.717, 1.165) is 12.8 Å². The molecule has 4 heteroatoms. The summed E-state index contributed by atoms with van der Waals surface area (Å²) in [5.41, 5.74) is 5.31. The molecule has 1 fully saturated rings. The molecule has 0 amide bonds. The molecule has 2 unspecified atom stereocenters. The van der Waals surface area contributed by atoms with Crippen molar-refractivity contribution in [3.8, 4) is 0 Å². The number of hydrogen-bond donors (Lipinski definition) is 1. The third-order valence-corrected chi connectivity index (χ3v) is 2.50. The van der Waals surface area contributed by atoms with Gasteiger partial charge in [-0.1, -0.05) is 0 Å². The van der Waals surface area contributed by atoms with Crippen LogP contribution in [0.15, 0.2) is 0 Å². The second-order valence-electron chi connectivity index (χ2n) is 4.12. The Morgan fingerprint density at radius 3 is 2.40 bits per heavy atom. The van der Waals surface area contributed by atoms with Gasteiger partial charge in [0.25, 0.3) is 0 Å². The molecule has 15 heavy (non-hydrogen) atoms. The largest absolute Gasteiger partial charge is 0.378 e. The number of ether oxygens (including phenoxy) is 3. The average molecular weight is 217 g/mol. The molecule has 1 rings (SSSR count). The molecule has 1 saturated heterocycles. The molecule has 0 aromatic rings. The number of nitrogens with two attached hydrogens (primary N) is 1. The van der Waals surface area contributed by atoms with E-state index in [1.54, 1.807) is 0 Å². The molecule has 90 valence electrons. The van der Waals surface area contributed by atoms with E-state index in [2.05, 4.69) is 13.8 Å². The Labute approximate surface area is 92.1 Å². The molecular weight excluding hydrogens is 194 g/mol. The minimum absolute atomic E-state index is 0.309. The van der Waals surface area contributed by atoms with Crippen LogP contribution in [0.1, 0.15) is 26.7 Å². The molecule has 0 saturated carbocycles. The van der Waals surface area contributed by atoms with Crippen molar-refractivity contribution >= 4 is 0 Å². The summed E-state index contributed by atoms with van der Waals surface area (Å²) in [5.74, 6) is 0. The summed E-state index contributed by atoms with van der Waals surface area (Å²) in [7, 11) is 0. The first-order chi connectivity index (χ1) is 7.22. The summed E-state index contributed by atoms with van der Waals surface area (Å²) in [5, 5.41) is 0. The third-order valence-electron chi connectivity index (χ3n) is 2.50. The highest BCUT2D eigenvalue weighted by Gasteiger charge is 2.24. The molecule has 0 aromatic heterocycles. The summed E-state index contributed by atoms with van der Waals surface area (Å²) in [6, 6.07) is 0. The highest BCUT2D eigenvalue weighted by Crippen LogP contribution is 2.21. The Kier molecular flexibility index (Phi) is 6.17. The van der Waals surface area contributed by atoms with Crippen LogP contribution in [0.3, 0.4) is 0 Å². The second kappa shape index (κ2) is 7.17. The standard InChI is InChI=1S/C11H23NO3/c1-9-7-11(8-10(2)15-9)14-6-5-13-4-3-12/h9-11H,3-8,12H2,1-2H3. The van der Waals surface area contributed by atoms with Crippen LogP contribution in [-0.2, 0) is 14.2 Å². The first kappa shape index (κ1) is 12.9. The fraction of sp³-hybridized carbons (Fsp3) is 1.00. The monoisotopic (exact) mass is 217 g/mol. The molecule has 0 bridgehead atoms. The smallest absolute Gasteiger partial charge is 0.0704 e. The van der Waals surface area contributed by atoms with Gasteiger partial charge in [0, 0.05) is 6.54 Å². The molecule has 0 aromatic carbocycles. The fourth-order valence-electron chi connectivity index (χ4n) is 1.94. The van der Waals surface area contributed by atoms with Crippen LogP contribution < -0.4 is 5.73 Å². The number of rotatable bonds is 6. The molecule has 1 aliphatic rings. The maximum atomic E-state index is 5.72. The maximum absolute atomic E-state index is 5.72. The number of hydrogen-bond acceptors (Lipinski definition) is 4. The molecule has 4 nitrogen and oxygen atoms in total. The topological polar surface area (TPSA) is 53.7 Å². The van der Waals surface area contributed by atoms with Crippen molar-refractivity contribution < 1.29 is 14.2 Å². The lowest BCUT2D eigenvalue weighted by Crippen LogP contribution is -2.34. The van der Waals surface area contributed by atoms with Gasteiger partial charge < -0.3 is 19.9 Å². The lowest BCUT2D eigenvalue weighted by atomic mass is 10.0. The molecule has 1 heterocycles. The van der Waals surface area contributed by atoms with Gasteiger partial charge in [-0.2, -0.15) is 0 Å². The van der Waals surface area contributed by atoms with Gasteiger partial charge in [-0.05, 0) is 26.7 Å². The first-order valence-corrected chi connectivity index (χ1v) is 5.77. The predicted molar refractivity (Wildman–Crippen MR) is 58.9 cm³/mol. The van der Waals surface area contributed by atoms with Crippen LogP contribution >= 0.6 is 0 Å². The molecule has 0 aliphatic carbocycles. The molecule has 0 radical (unpaired) electrons. The Hall–Kier alpha value is -0.160. The Morgan fingerprint density at radius 2 is 1.80 bits per heavy atom. The van der Waals surface area contributed by atoms with E-state index in [0.29, 0.717) is 44.7 Å². The highest BCUT2D eigenvalue weighted by atomic mass is 16.5. The van der Waals surface area contributed by atoms with Crippen molar-refractivity contribution in [2.75, 3.05) is 26.4 Å². The Morgan fingerprint density at radius 1 is 1.13 bits per heavy atom. The SMILES string of the molecule is CC1CC(OCCOCCN)CC(C)O1. The van der Waals surface area contributed by atoms with Gasteiger partial charge in [-0.3, -0.25) is 0 Å². The minimum Gasteiger partial charge on any atom is -0.378 e. The van der Waals surface area contributed by atoms with E-state index in [1.165, 1.54) is 0 Å². The quantitative estimate of drug-likeness (QED) is 0.673. The lowest BCUT2D eigenvalue weighted by Gasteiger charge is -2.31. The maximum Gasteiger partial charge on any atom is 0.0704 e. The van der Waals surface area contributed by atoms with Crippen LogP contribution in [0.5, 0.6) is 0 Å². The fourth-order valence-corrected chi connectivity index (χ4v) is 1.94. The molecule has 1 aliphatic heterocycles. The van der Waals surface area contributed by atoms with Crippen LogP contribution in [-0.4, -0.2) is 44.7 Å². The van der Waals surface area contributed by atoms with Crippen LogP contribution in [0.2, 0.25) is 0 Å². The van der Waals surface area contributed by atoms with Gasteiger partial charge in [0.15, 0.2) is 0 Å². The molecule has 2 N–H and O–H groups in total. The summed E-state index contributed by atoms with van der Waals surface area (Å²) >= 11 is 0. The predicted octanol–water partition coefficient (Wildman–Crippen LogP) is 0.934.